The molecular formula is C16H28N4. The third-order valence-corrected chi connectivity index (χ3v) is 4.15. The topological polar surface area (TPSA) is 49.8 Å². The van der Waals surface area contributed by atoms with Gasteiger partial charge >= 0.3 is 0 Å². The summed E-state index contributed by atoms with van der Waals surface area (Å²) in [4.78, 5) is 8.86. The van der Waals surface area contributed by atoms with Crippen molar-refractivity contribution in [2.75, 3.05) is 17.2 Å². The Morgan fingerprint density at radius 3 is 2.60 bits per heavy atom. The Balaban J connectivity index is 2.11. The number of anilines is 2. The molecule has 20 heavy (non-hydrogen) atoms. The molecule has 112 valence electrons. The van der Waals surface area contributed by atoms with Gasteiger partial charge in [-0.05, 0) is 37.5 Å². The summed E-state index contributed by atoms with van der Waals surface area (Å²) in [5.74, 6) is 2.01. The Morgan fingerprint density at radius 1 is 1.25 bits per heavy atom. The average Bonchev–Trinajstić information content (AvgIpc) is 2.75. The lowest BCUT2D eigenvalue weighted by molar-refractivity contribution is 0.378. The van der Waals surface area contributed by atoms with E-state index < -0.39 is 0 Å². The van der Waals surface area contributed by atoms with Crippen molar-refractivity contribution < 1.29 is 0 Å². The largest absolute Gasteiger partial charge is 0.370 e. The van der Waals surface area contributed by atoms with E-state index in [0.29, 0.717) is 11.5 Å². The zero-order valence-corrected chi connectivity index (χ0v) is 13.3. The van der Waals surface area contributed by atoms with Gasteiger partial charge in [-0.15, -0.1) is 0 Å². The fraction of sp³-hybridized carbons (Fsp3) is 0.750. The summed E-state index contributed by atoms with van der Waals surface area (Å²) in [5, 5.41) is 7.05. The van der Waals surface area contributed by atoms with Crippen LogP contribution in [0.1, 0.15) is 58.9 Å². The van der Waals surface area contributed by atoms with Crippen molar-refractivity contribution in [3.05, 3.63) is 11.9 Å². The normalized spacial score (nSPS) is 20.9. The molecule has 1 aliphatic carbocycles. The molecule has 1 atom stereocenters. The quantitative estimate of drug-likeness (QED) is 0.828. The molecule has 0 spiro atoms. The Morgan fingerprint density at radius 2 is 2.00 bits per heavy atom. The number of rotatable bonds is 6. The summed E-state index contributed by atoms with van der Waals surface area (Å²) in [7, 11) is 0. The first-order valence-electron chi connectivity index (χ1n) is 7.90. The van der Waals surface area contributed by atoms with Crippen LogP contribution in [-0.2, 0) is 6.42 Å². The van der Waals surface area contributed by atoms with Crippen molar-refractivity contribution in [1.82, 2.24) is 9.97 Å². The lowest BCUT2D eigenvalue weighted by Gasteiger charge is -2.20. The molecule has 4 heteroatoms. The molecular weight excluding hydrogens is 248 g/mol. The van der Waals surface area contributed by atoms with Crippen molar-refractivity contribution in [2.45, 2.75) is 65.8 Å². The van der Waals surface area contributed by atoms with Gasteiger partial charge in [-0.2, -0.15) is 0 Å². The van der Waals surface area contributed by atoms with Crippen LogP contribution in [0.25, 0.3) is 0 Å². The predicted molar refractivity (Wildman–Crippen MR) is 85.2 cm³/mol. The fourth-order valence-corrected chi connectivity index (χ4v) is 3.02. The smallest absolute Gasteiger partial charge is 0.134 e. The van der Waals surface area contributed by atoms with E-state index in [-0.39, 0.29) is 0 Å². The van der Waals surface area contributed by atoms with Crippen LogP contribution in [0.3, 0.4) is 0 Å². The molecule has 0 amide bonds. The van der Waals surface area contributed by atoms with E-state index in [4.69, 9.17) is 0 Å². The molecule has 1 aliphatic rings. The molecule has 0 aromatic carbocycles. The van der Waals surface area contributed by atoms with Crippen LogP contribution in [0.5, 0.6) is 0 Å². The zero-order chi connectivity index (χ0) is 14.6. The van der Waals surface area contributed by atoms with Gasteiger partial charge in [0.1, 0.15) is 18.0 Å². The highest BCUT2D eigenvalue weighted by atomic mass is 15.1. The lowest BCUT2D eigenvalue weighted by Crippen LogP contribution is -2.20. The van der Waals surface area contributed by atoms with Crippen molar-refractivity contribution >= 4 is 11.6 Å². The fourth-order valence-electron chi connectivity index (χ4n) is 3.02. The van der Waals surface area contributed by atoms with E-state index >= 15 is 0 Å². The second-order valence-electron chi connectivity index (χ2n) is 6.58. The summed E-state index contributed by atoms with van der Waals surface area (Å²) < 4.78 is 0. The Labute approximate surface area is 122 Å². The molecule has 0 radical (unpaired) electrons. The number of hydrogen-bond donors (Lipinski definition) is 2. The minimum absolute atomic E-state index is 0.459. The van der Waals surface area contributed by atoms with Gasteiger partial charge in [0.2, 0.25) is 0 Å². The molecule has 2 N–H and O–H groups in total. The number of hydrogen-bond acceptors (Lipinski definition) is 4. The van der Waals surface area contributed by atoms with Gasteiger partial charge in [0.25, 0.3) is 0 Å². The first kappa shape index (κ1) is 15.1. The van der Waals surface area contributed by atoms with Crippen molar-refractivity contribution in [1.29, 1.82) is 0 Å². The van der Waals surface area contributed by atoms with Crippen LogP contribution >= 0.6 is 0 Å². The summed E-state index contributed by atoms with van der Waals surface area (Å²) in [5.41, 5.74) is 1.67. The van der Waals surface area contributed by atoms with Gasteiger partial charge in [0, 0.05) is 18.2 Å². The zero-order valence-electron chi connectivity index (χ0n) is 13.3. The highest BCUT2D eigenvalue weighted by Gasteiger charge is 2.31. The third-order valence-electron chi connectivity index (χ3n) is 4.15. The summed E-state index contributed by atoms with van der Waals surface area (Å²) in [6, 6.07) is 0.546. The van der Waals surface area contributed by atoms with E-state index in [0.717, 1.165) is 31.0 Å². The van der Waals surface area contributed by atoms with Gasteiger partial charge in [-0.3, -0.25) is 0 Å². The molecule has 0 bridgehead atoms. The average molecular weight is 276 g/mol. The molecule has 0 saturated heterocycles. The minimum Gasteiger partial charge on any atom is -0.370 e. The maximum atomic E-state index is 4.47. The molecule has 2 rings (SSSR count). The van der Waals surface area contributed by atoms with Crippen molar-refractivity contribution in [2.24, 2.45) is 5.41 Å². The van der Waals surface area contributed by atoms with Crippen molar-refractivity contribution in [3.63, 3.8) is 0 Å². The van der Waals surface area contributed by atoms with Crippen LogP contribution in [0.2, 0.25) is 0 Å². The molecule has 1 saturated carbocycles. The van der Waals surface area contributed by atoms with E-state index in [9.17, 15) is 0 Å². The second-order valence-corrected chi connectivity index (χ2v) is 6.58. The van der Waals surface area contributed by atoms with Gasteiger partial charge in [0.15, 0.2) is 0 Å². The molecule has 1 fully saturated rings. The monoisotopic (exact) mass is 276 g/mol. The van der Waals surface area contributed by atoms with Crippen molar-refractivity contribution in [3.8, 4) is 0 Å². The van der Waals surface area contributed by atoms with Crippen LogP contribution in [0, 0.1) is 5.41 Å². The van der Waals surface area contributed by atoms with Gasteiger partial charge in [-0.25, -0.2) is 9.97 Å². The summed E-state index contributed by atoms with van der Waals surface area (Å²) in [6.07, 6.45) is 7.46. The van der Waals surface area contributed by atoms with E-state index in [1.807, 2.05) is 0 Å². The first-order chi connectivity index (χ1) is 9.55. The SMILES string of the molecule is CCCNc1ncnc(NC2CCC(C)(C)C2)c1CC. The summed E-state index contributed by atoms with van der Waals surface area (Å²) >= 11 is 0. The standard InChI is InChI=1S/C16H28N4/c1-5-9-17-14-13(6-2)15(19-11-18-14)20-12-7-8-16(3,4)10-12/h11-12H,5-10H2,1-4H3,(H2,17,18,19,20). The van der Waals surface area contributed by atoms with Gasteiger partial charge in [-0.1, -0.05) is 27.7 Å². The number of nitrogens with one attached hydrogen (secondary N) is 2. The molecule has 4 nitrogen and oxygen atoms in total. The maximum Gasteiger partial charge on any atom is 0.134 e. The number of nitrogens with zero attached hydrogens (tertiary/aromatic N) is 2. The molecule has 1 heterocycles. The van der Waals surface area contributed by atoms with Crippen LogP contribution in [-0.4, -0.2) is 22.6 Å². The predicted octanol–water partition coefficient (Wildman–Crippen LogP) is 3.85. The number of aromatic nitrogens is 2. The van der Waals surface area contributed by atoms with E-state index in [1.165, 1.54) is 24.8 Å². The first-order valence-corrected chi connectivity index (χ1v) is 7.90. The minimum atomic E-state index is 0.459. The highest BCUT2D eigenvalue weighted by molar-refractivity contribution is 5.57. The van der Waals surface area contributed by atoms with E-state index in [1.54, 1.807) is 6.33 Å². The molecule has 0 aliphatic heterocycles. The molecule has 1 unspecified atom stereocenters. The van der Waals surface area contributed by atoms with Crippen LogP contribution in [0.4, 0.5) is 11.6 Å². The summed E-state index contributed by atoms with van der Waals surface area (Å²) in [6.45, 7) is 9.99. The van der Waals surface area contributed by atoms with Crippen LogP contribution < -0.4 is 10.6 Å². The van der Waals surface area contributed by atoms with Crippen LogP contribution in [0.15, 0.2) is 6.33 Å². The second kappa shape index (κ2) is 6.42. The Kier molecular flexibility index (Phi) is 4.84. The van der Waals surface area contributed by atoms with Gasteiger partial charge in [0.05, 0.1) is 0 Å². The molecule has 1 aromatic rings. The third kappa shape index (κ3) is 3.62. The Hall–Kier alpha value is -1.32. The highest BCUT2D eigenvalue weighted by Crippen LogP contribution is 2.38. The van der Waals surface area contributed by atoms with E-state index in [2.05, 4.69) is 48.3 Å². The van der Waals surface area contributed by atoms with Gasteiger partial charge < -0.3 is 10.6 Å². The Bertz CT molecular complexity index is 442. The lowest BCUT2D eigenvalue weighted by atomic mass is 9.92. The maximum absolute atomic E-state index is 4.47. The molecule has 1 aromatic heterocycles.